The van der Waals surface area contributed by atoms with Crippen LogP contribution in [0.15, 0.2) is 30.5 Å². The van der Waals surface area contributed by atoms with E-state index in [4.69, 9.17) is 14.5 Å². The first kappa shape index (κ1) is 19.4. The van der Waals surface area contributed by atoms with Crippen LogP contribution in [0, 0.1) is 0 Å². The van der Waals surface area contributed by atoms with Crippen molar-refractivity contribution in [3.63, 3.8) is 0 Å². The van der Waals surface area contributed by atoms with Crippen molar-refractivity contribution in [3.8, 4) is 34.1 Å². The Balaban J connectivity index is 0.00000105. The number of benzene rings is 1. The van der Waals surface area contributed by atoms with Gasteiger partial charge in [0.25, 0.3) is 0 Å². The van der Waals surface area contributed by atoms with Crippen molar-refractivity contribution < 1.29 is 14.9 Å². The molecule has 27 heavy (non-hydrogen) atoms. The molecule has 4 aliphatic heterocycles. The average Bonchev–Trinajstić information content (AvgIpc) is 3.26. The number of rotatable bonds is 2. The number of piperidine rings is 1. The number of hydrogen-bond acceptors (Lipinski definition) is 5. The summed E-state index contributed by atoms with van der Waals surface area (Å²) in [5, 5.41) is 3.49. The Morgan fingerprint density at radius 3 is 2.81 bits per heavy atom. The van der Waals surface area contributed by atoms with Crippen molar-refractivity contribution in [1.82, 2.24) is 20.3 Å². The molecule has 2 unspecified atom stereocenters. The first-order chi connectivity index (χ1) is 12.3. The van der Waals surface area contributed by atoms with Crippen LogP contribution in [-0.4, -0.2) is 39.8 Å². The standard InChI is InChI=1S/C19H20N4O2.ClH.H2O/c1-11-6-13(4-5-20-11)19-21-9-16-15(23-19)8-14(22-16)12-2-3-17-18(7-12)25-10-24-17;;/h2-3,7-9,11,13,20H,4-6,10H2,1H3,(H,21,23);1H;1H2. The third-order valence-corrected chi connectivity index (χ3v) is 5.07. The lowest BCUT2D eigenvalue weighted by Gasteiger charge is -2.27. The van der Waals surface area contributed by atoms with Crippen molar-refractivity contribution in [2.24, 2.45) is 0 Å². The predicted octanol–water partition coefficient (Wildman–Crippen LogP) is 2.76. The molecule has 4 N–H and O–H groups in total. The number of H-pyrrole nitrogens is 1. The number of halogens is 1. The minimum Gasteiger partial charge on any atom is -0.454 e. The Morgan fingerprint density at radius 1 is 1.11 bits per heavy atom. The molecular weight excluding hydrogens is 368 g/mol. The molecule has 0 amide bonds. The first-order valence-electron chi connectivity index (χ1n) is 8.75. The van der Waals surface area contributed by atoms with E-state index in [1.165, 1.54) is 0 Å². The van der Waals surface area contributed by atoms with Gasteiger partial charge in [-0.15, -0.1) is 12.4 Å². The number of hydrogen-bond donors (Lipinski definition) is 2. The minimum absolute atomic E-state index is 0. The molecular formula is C19H23ClN4O3. The highest BCUT2D eigenvalue weighted by Crippen LogP contribution is 2.37. The second-order valence-corrected chi connectivity index (χ2v) is 6.85. The lowest BCUT2D eigenvalue weighted by atomic mass is 9.92. The summed E-state index contributed by atoms with van der Waals surface area (Å²) in [5.41, 5.74) is 3.86. The van der Waals surface area contributed by atoms with Gasteiger partial charge in [0, 0.05) is 17.5 Å². The van der Waals surface area contributed by atoms with Crippen LogP contribution >= 0.6 is 12.4 Å². The maximum Gasteiger partial charge on any atom is 0.231 e. The van der Waals surface area contributed by atoms with Gasteiger partial charge in [-0.2, -0.15) is 0 Å². The van der Waals surface area contributed by atoms with Gasteiger partial charge in [0.05, 0.1) is 17.6 Å². The zero-order chi connectivity index (χ0) is 16.8. The third kappa shape index (κ3) is 3.58. The van der Waals surface area contributed by atoms with Gasteiger partial charge in [-0.25, -0.2) is 9.97 Å². The molecule has 0 bridgehead atoms. The summed E-state index contributed by atoms with van der Waals surface area (Å²) < 4.78 is 10.8. The smallest absolute Gasteiger partial charge is 0.231 e. The number of aromatic amines is 1. The van der Waals surface area contributed by atoms with Crippen LogP contribution in [-0.2, 0) is 0 Å². The number of ether oxygens (including phenoxy) is 2. The molecule has 8 heteroatoms. The van der Waals surface area contributed by atoms with Crippen LogP contribution in [0.25, 0.3) is 22.6 Å². The Labute approximate surface area is 163 Å². The normalized spacial score (nSPS) is 20.8. The van der Waals surface area contributed by atoms with Gasteiger partial charge < -0.3 is 25.3 Å². The molecule has 0 spiro atoms. The first-order valence-corrected chi connectivity index (χ1v) is 8.75. The second-order valence-electron chi connectivity index (χ2n) is 6.85. The Hall–Kier alpha value is -2.35. The minimum atomic E-state index is 0. The van der Waals surface area contributed by atoms with Gasteiger partial charge in [-0.05, 0) is 50.6 Å². The molecule has 4 heterocycles. The zero-order valence-electron chi connectivity index (χ0n) is 15.0. The summed E-state index contributed by atoms with van der Waals surface area (Å²) in [6.07, 6.45) is 4.10. The topological polar surface area (TPSA) is 104 Å². The molecule has 2 atom stereocenters. The number of nitrogens with one attached hydrogen (secondary N) is 2. The molecule has 5 rings (SSSR count). The van der Waals surface area contributed by atoms with Crippen LogP contribution in [0.2, 0.25) is 0 Å². The Morgan fingerprint density at radius 2 is 1.96 bits per heavy atom. The molecule has 0 aromatic heterocycles. The molecule has 0 aliphatic carbocycles. The molecule has 1 fully saturated rings. The van der Waals surface area contributed by atoms with Gasteiger partial charge in [-0.3, -0.25) is 0 Å². The maximum absolute atomic E-state index is 5.47. The number of fused-ring (bicyclic) bond motifs is 2. The van der Waals surface area contributed by atoms with Crippen molar-refractivity contribution in [2.45, 2.75) is 31.7 Å². The predicted molar refractivity (Wildman–Crippen MR) is 105 cm³/mol. The Bertz CT molecular complexity index is 901. The van der Waals surface area contributed by atoms with Crippen molar-refractivity contribution in [1.29, 1.82) is 0 Å². The van der Waals surface area contributed by atoms with Gasteiger partial charge in [0.2, 0.25) is 6.79 Å². The third-order valence-electron chi connectivity index (χ3n) is 5.07. The largest absolute Gasteiger partial charge is 0.454 e. The van der Waals surface area contributed by atoms with E-state index in [0.717, 1.165) is 59.4 Å². The Kier molecular flexibility index (Phi) is 5.55. The van der Waals surface area contributed by atoms with Crippen LogP contribution < -0.4 is 14.8 Å². The van der Waals surface area contributed by atoms with E-state index in [-0.39, 0.29) is 24.7 Å². The SMILES string of the molecule is CC1CC(c2ncc3nc(-c4ccc5c(c4)OCO5)cc-3[nH]2)CCN1.Cl.O. The molecule has 144 valence electrons. The fraction of sp³-hybridized carbons (Fsp3) is 0.368. The lowest BCUT2D eigenvalue weighted by Crippen LogP contribution is -2.35. The highest BCUT2D eigenvalue weighted by molar-refractivity contribution is 5.85. The summed E-state index contributed by atoms with van der Waals surface area (Å²) >= 11 is 0. The van der Waals surface area contributed by atoms with Crippen molar-refractivity contribution in [2.75, 3.05) is 13.3 Å². The van der Waals surface area contributed by atoms with E-state index >= 15 is 0 Å². The van der Waals surface area contributed by atoms with Crippen LogP contribution in [0.3, 0.4) is 0 Å². The highest BCUT2D eigenvalue weighted by atomic mass is 35.5. The van der Waals surface area contributed by atoms with Crippen LogP contribution in [0.5, 0.6) is 11.5 Å². The van der Waals surface area contributed by atoms with Gasteiger partial charge in [0.1, 0.15) is 11.5 Å². The summed E-state index contributed by atoms with van der Waals surface area (Å²) in [7, 11) is 0. The van der Waals surface area contributed by atoms with Crippen molar-refractivity contribution >= 4 is 12.4 Å². The molecule has 1 saturated heterocycles. The summed E-state index contributed by atoms with van der Waals surface area (Å²) in [6.45, 7) is 3.55. The lowest BCUT2D eigenvalue weighted by molar-refractivity contribution is 0.174. The van der Waals surface area contributed by atoms with Crippen LogP contribution in [0.4, 0.5) is 0 Å². The average molecular weight is 391 g/mol. The zero-order valence-corrected chi connectivity index (χ0v) is 15.8. The molecule has 0 saturated carbocycles. The van der Waals surface area contributed by atoms with E-state index in [0.29, 0.717) is 12.0 Å². The highest BCUT2D eigenvalue weighted by Gasteiger charge is 2.23. The molecule has 0 radical (unpaired) electrons. The summed E-state index contributed by atoms with van der Waals surface area (Å²) in [5.74, 6) is 3.10. The van der Waals surface area contributed by atoms with E-state index in [1.54, 1.807) is 0 Å². The van der Waals surface area contributed by atoms with Gasteiger partial charge in [0.15, 0.2) is 11.5 Å². The van der Waals surface area contributed by atoms with E-state index in [2.05, 4.69) is 28.3 Å². The summed E-state index contributed by atoms with van der Waals surface area (Å²) in [4.78, 5) is 12.8. The monoisotopic (exact) mass is 390 g/mol. The molecule has 1 aromatic rings. The van der Waals surface area contributed by atoms with Gasteiger partial charge >= 0.3 is 0 Å². The maximum atomic E-state index is 5.47. The molecule has 4 aliphatic rings. The van der Waals surface area contributed by atoms with Crippen molar-refractivity contribution in [3.05, 3.63) is 36.3 Å². The quantitative estimate of drug-likeness (QED) is 0.700. The fourth-order valence-electron chi connectivity index (χ4n) is 3.72. The number of nitrogens with zero attached hydrogens (tertiary/aromatic N) is 2. The van der Waals surface area contributed by atoms with E-state index in [1.807, 2.05) is 24.4 Å². The van der Waals surface area contributed by atoms with E-state index in [9.17, 15) is 0 Å². The number of aromatic nitrogens is 3. The molecule has 1 aromatic carbocycles. The fourth-order valence-corrected chi connectivity index (χ4v) is 3.72. The molecule has 7 nitrogen and oxygen atoms in total. The van der Waals surface area contributed by atoms with E-state index < -0.39 is 0 Å². The summed E-state index contributed by atoms with van der Waals surface area (Å²) in [6, 6.07) is 8.54. The second kappa shape index (κ2) is 7.72. The van der Waals surface area contributed by atoms with Crippen LogP contribution in [0.1, 0.15) is 31.5 Å². The van der Waals surface area contributed by atoms with Gasteiger partial charge in [-0.1, -0.05) is 0 Å².